The largest absolute Gasteiger partial charge is 0.465 e. The quantitative estimate of drug-likeness (QED) is 0.523. The SMILES string of the molecule is Cn1nccc1-c1cnc(C(=O)NC(Cc2ccccc2)C(NC(=O)O)C(C)(C)C)nc1. The molecule has 0 aliphatic carbocycles. The summed E-state index contributed by atoms with van der Waals surface area (Å²) >= 11 is 0. The molecule has 0 bridgehead atoms. The van der Waals surface area contributed by atoms with Gasteiger partial charge in [0.15, 0.2) is 0 Å². The lowest BCUT2D eigenvalue weighted by Crippen LogP contribution is -2.58. The predicted molar refractivity (Wildman–Crippen MR) is 120 cm³/mol. The summed E-state index contributed by atoms with van der Waals surface area (Å²) in [5.74, 6) is -0.458. The third-order valence-corrected chi connectivity index (χ3v) is 5.20. The van der Waals surface area contributed by atoms with Crippen molar-refractivity contribution in [3.63, 3.8) is 0 Å². The van der Waals surface area contributed by atoms with Gasteiger partial charge in [0.05, 0.1) is 17.8 Å². The van der Waals surface area contributed by atoms with Gasteiger partial charge in [-0.2, -0.15) is 5.10 Å². The first-order valence-electron chi connectivity index (χ1n) is 10.3. The second-order valence-corrected chi connectivity index (χ2v) is 8.70. The zero-order chi connectivity index (χ0) is 23.3. The van der Waals surface area contributed by atoms with Gasteiger partial charge in [-0.1, -0.05) is 51.1 Å². The molecule has 0 saturated heterocycles. The highest BCUT2D eigenvalue weighted by molar-refractivity contribution is 5.90. The van der Waals surface area contributed by atoms with E-state index in [2.05, 4.69) is 25.7 Å². The highest BCUT2D eigenvalue weighted by Crippen LogP contribution is 2.24. The molecule has 2 heterocycles. The predicted octanol–water partition coefficient (Wildman–Crippen LogP) is 2.90. The monoisotopic (exact) mass is 436 g/mol. The Kier molecular flexibility index (Phi) is 6.87. The van der Waals surface area contributed by atoms with Gasteiger partial charge in [-0.05, 0) is 23.5 Å². The topological polar surface area (TPSA) is 122 Å². The molecule has 0 saturated carbocycles. The van der Waals surface area contributed by atoms with Gasteiger partial charge >= 0.3 is 6.09 Å². The maximum Gasteiger partial charge on any atom is 0.404 e. The number of carbonyl (C=O) groups is 2. The average molecular weight is 437 g/mol. The number of hydrogen-bond donors (Lipinski definition) is 3. The minimum absolute atomic E-state index is 0.0111. The molecule has 1 aromatic carbocycles. The number of nitrogens with one attached hydrogen (secondary N) is 2. The normalized spacial score (nSPS) is 13.2. The number of aryl methyl sites for hydroxylation is 1. The summed E-state index contributed by atoms with van der Waals surface area (Å²) in [6.07, 6.45) is 4.12. The summed E-state index contributed by atoms with van der Waals surface area (Å²) < 4.78 is 1.69. The molecule has 0 fully saturated rings. The lowest BCUT2D eigenvalue weighted by molar-refractivity contribution is 0.0890. The number of hydrogen-bond acceptors (Lipinski definition) is 5. The minimum atomic E-state index is -1.14. The highest BCUT2D eigenvalue weighted by atomic mass is 16.4. The molecule has 2 amide bonds. The van der Waals surface area contributed by atoms with Crippen LogP contribution in [0.25, 0.3) is 11.3 Å². The molecule has 0 aliphatic rings. The van der Waals surface area contributed by atoms with Crippen molar-refractivity contribution < 1.29 is 14.7 Å². The first kappa shape index (κ1) is 22.9. The Morgan fingerprint density at radius 2 is 1.72 bits per heavy atom. The van der Waals surface area contributed by atoms with E-state index in [-0.39, 0.29) is 5.82 Å². The zero-order valence-electron chi connectivity index (χ0n) is 18.6. The molecule has 3 N–H and O–H groups in total. The Morgan fingerprint density at radius 1 is 1.06 bits per heavy atom. The lowest BCUT2D eigenvalue weighted by atomic mass is 9.80. The van der Waals surface area contributed by atoms with Crippen LogP contribution in [0, 0.1) is 5.41 Å². The van der Waals surface area contributed by atoms with E-state index in [1.165, 1.54) is 0 Å². The Morgan fingerprint density at radius 3 is 2.25 bits per heavy atom. The van der Waals surface area contributed by atoms with Crippen LogP contribution in [0.2, 0.25) is 0 Å². The summed E-state index contributed by atoms with van der Waals surface area (Å²) in [6.45, 7) is 5.78. The molecule has 9 nitrogen and oxygen atoms in total. The van der Waals surface area contributed by atoms with Gasteiger partial charge in [0.1, 0.15) is 0 Å². The van der Waals surface area contributed by atoms with Gasteiger partial charge in [0.25, 0.3) is 5.91 Å². The summed E-state index contributed by atoms with van der Waals surface area (Å²) in [5, 5.41) is 19.1. The first-order valence-corrected chi connectivity index (χ1v) is 10.3. The maximum absolute atomic E-state index is 13.0. The molecule has 2 aromatic heterocycles. The summed E-state index contributed by atoms with van der Waals surface area (Å²) in [5.41, 5.74) is 2.10. The molecule has 168 valence electrons. The van der Waals surface area contributed by atoms with E-state index in [0.29, 0.717) is 6.42 Å². The van der Waals surface area contributed by atoms with Gasteiger partial charge in [-0.25, -0.2) is 14.8 Å². The van der Waals surface area contributed by atoms with Crippen molar-refractivity contribution in [2.24, 2.45) is 12.5 Å². The Labute approximate surface area is 186 Å². The van der Waals surface area contributed by atoms with E-state index in [9.17, 15) is 14.7 Å². The fourth-order valence-electron chi connectivity index (χ4n) is 3.64. The molecule has 32 heavy (non-hydrogen) atoms. The number of aromatic nitrogens is 4. The summed E-state index contributed by atoms with van der Waals surface area (Å²) in [6, 6.07) is 10.4. The van der Waals surface area contributed by atoms with E-state index in [0.717, 1.165) is 16.8 Å². The third kappa shape index (κ3) is 5.69. The van der Waals surface area contributed by atoms with E-state index < -0.39 is 29.5 Å². The molecule has 2 atom stereocenters. The number of carbonyl (C=O) groups excluding carboxylic acids is 1. The van der Waals surface area contributed by atoms with Crippen molar-refractivity contribution >= 4 is 12.0 Å². The standard InChI is InChI=1S/C23H28N6O3/c1-23(2,3)19(28-22(31)32)17(12-15-8-6-5-7-9-15)27-21(30)20-24-13-16(14-25-20)18-10-11-26-29(18)4/h5-11,13-14,17,19,28H,12H2,1-4H3,(H,27,30)(H,31,32). The summed E-state index contributed by atoms with van der Waals surface area (Å²) in [7, 11) is 1.81. The number of carboxylic acid groups (broad SMARTS) is 1. The van der Waals surface area contributed by atoms with Gasteiger partial charge in [-0.15, -0.1) is 0 Å². The van der Waals surface area contributed by atoms with Crippen LogP contribution in [-0.2, 0) is 13.5 Å². The number of nitrogens with zero attached hydrogens (tertiary/aromatic N) is 4. The van der Waals surface area contributed by atoms with Crippen LogP contribution in [0.15, 0.2) is 55.0 Å². The molecular formula is C23H28N6O3. The van der Waals surface area contributed by atoms with Crippen molar-refractivity contribution in [2.45, 2.75) is 39.3 Å². The van der Waals surface area contributed by atoms with Crippen molar-refractivity contribution in [3.8, 4) is 11.3 Å². The molecule has 9 heteroatoms. The Hall–Kier alpha value is -3.75. The third-order valence-electron chi connectivity index (χ3n) is 5.20. The average Bonchev–Trinajstić information content (AvgIpc) is 3.17. The van der Waals surface area contributed by atoms with Crippen LogP contribution in [0.1, 0.15) is 37.0 Å². The van der Waals surface area contributed by atoms with Crippen LogP contribution in [0.4, 0.5) is 4.79 Å². The molecule has 0 aliphatic heterocycles. The summed E-state index contributed by atoms with van der Waals surface area (Å²) in [4.78, 5) is 32.9. The molecule has 3 aromatic rings. The van der Waals surface area contributed by atoms with Crippen molar-refractivity contribution in [2.75, 3.05) is 0 Å². The molecule has 0 spiro atoms. The van der Waals surface area contributed by atoms with E-state index in [1.807, 2.05) is 64.2 Å². The van der Waals surface area contributed by atoms with Crippen LogP contribution in [0.3, 0.4) is 0 Å². The van der Waals surface area contributed by atoms with Crippen LogP contribution in [0.5, 0.6) is 0 Å². The molecule has 2 unspecified atom stereocenters. The Bertz CT molecular complexity index is 1060. The van der Waals surface area contributed by atoms with Crippen LogP contribution in [-0.4, -0.2) is 48.9 Å². The van der Waals surface area contributed by atoms with Gasteiger partial charge in [0, 0.05) is 31.2 Å². The number of rotatable bonds is 7. The minimum Gasteiger partial charge on any atom is -0.465 e. The van der Waals surface area contributed by atoms with E-state index >= 15 is 0 Å². The van der Waals surface area contributed by atoms with Crippen molar-refractivity contribution in [3.05, 3.63) is 66.4 Å². The van der Waals surface area contributed by atoms with Crippen LogP contribution < -0.4 is 10.6 Å². The number of benzene rings is 1. The van der Waals surface area contributed by atoms with Gasteiger partial charge in [-0.3, -0.25) is 9.48 Å². The fraction of sp³-hybridized carbons (Fsp3) is 0.348. The first-order chi connectivity index (χ1) is 15.1. The highest BCUT2D eigenvalue weighted by Gasteiger charge is 2.35. The molecular weight excluding hydrogens is 408 g/mol. The van der Waals surface area contributed by atoms with Crippen molar-refractivity contribution in [1.82, 2.24) is 30.4 Å². The fourth-order valence-corrected chi connectivity index (χ4v) is 3.64. The van der Waals surface area contributed by atoms with Gasteiger partial charge < -0.3 is 15.7 Å². The second-order valence-electron chi connectivity index (χ2n) is 8.70. The Balaban J connectivity index is 1.85. The van der Waals surface area contributed by atoms with Gasteiger partial charge in [0.2, 0.25) is 5.82 Å². The lowest BCUT2D eigenvalue weighted by Gasteiger charge is -2.37. The van der Waals surface area contributed by atoms with Crippen LogP contribution >= 0.6 is 0 Å². The molecule has 3 rings (SSSR count). The smallest absolute Gasteiger partial charge is 0.404 e. The van der Waals surface area contributed by atoms with Crippen molar-refractivity contribution in [1.29, 1.82) is 0 Å². The maximum atomic E-state index is 13.0. The van der Waals surface area contributed by atoms with E-state index in [4.69, 9.17) is 0 Å². The zero-order valence-corrected chi connectivity index (χ0v) is 18.6. The molecule has 0 radical (unpaired) electrons. The van der Waals surface area contributed by atoms with E-state index in [1.54, 1.807) is 23.3 Å². The second kappa shape index (κ2) is 9.59. The number of amides is 2.